The van der Waals surface area contributed by atoms with Crippen LogP contribution in [0.5, 0.6) is 0 Å². The Balaban J connectivity index is 0.000000211. The number of hydrogen-bond donors (Lipinski definition) is 4. The third kappa shape index (κ3) is 11.1. The van der Waals surface area contributed by atoms with E-state index in [4.69, 9.17) is 9.47 Å². The predicted octanol–water partition coefficient (Wildman–Crippen LogP) is 5.21. The van der Waals surface area contributed by atoms with E-state index in [1.54, 1.807) is 0 Å². The largest absolute Gasteiger partial charge is 0.445 e. The Morgan fingerprint density at radius 2 is 0.974 bits per heavy atom. The molecule has 8 heteroatoms. The molecule has 0 aliphatic heterocycles. The molecule has 0 spiro atoms. The van der Waals surface area contributed by atoms with Crippen LogP contribution in [0.4, 0.5) is 9.59 Å². The molecule has 2 aromatic rings. The fourth-order valence-corrected chi connectivity index (χ4v) is 4.75. The van der Waals surface area contributed by atoms with E-state index in [9.17, 15) is 19.8 Å². The van der Waals surface area contributed by atoms with Crippen molar-refractivity contribution in [3.8, 4) is 0 Å². The standard InChI is InChI=1S/2C15H21NO3/c2*17-14-10-6-2-5-9-13(14)16-15(18)19-11-12-7-3-1-4-8-12/h2*1,3-4,7-8,13-14,17H,2,5-6,9-11H2,(H,16,18)/t2*13-,14-/m10/s1. The van der Waals surface area contributed by atoms with Gasteiger partial charge in [-0.15, -0.1) is 0 Å². The normalized spacial score (nSPS) is 23.4. The summed E-state index contributed by atoms with van der Waals surface area (Å²) in [6, 6.07) is 18.8. The zero-order valence-electron chi connectivity index (χ0n) is 22.1. The van der Waals surface area contributed by atoms with Crippen molar-refractivity contribution in [2.45, 2.75) is 102 Å². The zero-order chi connectivity index (χ0) is 27.0. The van der Waals surface area contributed by atoms with Crippen molar-refractivity contribution in [3.63, 3.8) is 0 Å². The number of carbonyl (C=O) groups excluding carboxylic acids is 2. The van der Waals surface area contributed by atoms with Crippen LogP contribution in [0.25, 0.3) is 0 Å². The number of aliphatic hydroxyl groups excluding tert-OH is 2. The van der Waals surface area contributed by atoms with Crippen LogP contribution in [0.15, 0.2) is 60.7 Å². The van der Waals surface area contributed by atoms with Crippen LogP contribution in [0, 0.1) is 0 Å². The molecule has 4 rings (SSSR count). The minimum absolute atomic E-state index is 0.175. The van der Waals surface area contributed by atoms with Crippen molar-refractivity contribution >= 4 is 12.2 Å². The van der Waals surface area contributed by atoms with Crippen LogP contribution in [-0.4, -0.2) is 46.7 Å². The van der Waals surface area contributed by atoms with Gasteiger partial charge < -0.3 is 30.3 Å². The Kier molecular flexibility index (Phi) is 12.9. The lowest BCUT2D eigenvalue weighted by Crippen LogP contribution is -2.42. The Morgan fingerprint density at radius 3 is 1.37 bits per heavy atom. The first-order valence-electron chi connectivity index (χ1n) is 13.8. The highest BCUT2D eigenvalue weighted by molar-refractivity contribution is 5.68. The molecule has 2 amide bonds. The highest BCUT2D eigenvalue weighted by Gasteiger charge is 2.24. The topological polar surface area (TPSA) is 117 Å². The van der Waals surface area contributed by atoms with Crippen molar-refractivity contribution in [1.29, 1.82) is 0 Å². The number of nitrogens with one attached hydrogen (secondary N) is 2. The van der Waals surface area contributed by atoms with E-state index < -0.39 is 24.4 Å². The number of carbonyl (C=O) groups is 2. The summed E-state index contributed by atoms with van der Waals surface area (Å²) in [5.74, 6) is 0. The second-order valence-electron chi connectivity index (χ2n) is 10.0. The summed E-state index contributed by atoms with van der Waals surface area (Å²) in [5, 5.41) is 25.4. The summed E-state index contributed by atoms with van der Waals surface area (Å²) >= 11 is 0. The molecule has 2 fully saturated rings. The van der Waals surface area contributed by atoms with Gasteiger partial charge >= 0.3 is 12.2 Å². The maximum atomic E-state index is 11.7. The van der Waals surface area contributed by atoms with E-state index in [-0.39, 0.29) is 25.3 Å². The number of benzene rings is 2. The van der Waals surface area contributed by atoms with Gasteiger partial charge in [-0.05, 0) is 36.8 Å². The predicted molar refractivity (Wildman–Crippen MR) is 145 cm³/mol. The Bertz CT molecular complexity index is 865. The molecule has 4 N–H and O–H groups in total. The first kappa shape index (κ1) is 29.5. The van der Waals surface area contributed by atoms with Gasteiger partial charge in [-0.3, -0.25) is 0 Å². The second kappa shape index (κ2) is 16.7. The number of aliphatic hydroxyl groups is 2. The summed E-state index contributed by atoms with van der Waals surface area (Å²) in [5.41, 5.74) is 1.91. The SMILES string of the molecule is O=C(N[C@@H]1CCCCC[C@H]1O)OCc1ccccc1.O=C(N[C@H]1CCCCC[C@@H]1O)OCc1ccccc1. The van der Waals surface area contributed by atoms with Crippen molar-refractivity contribution in [3.05, 3.63) is 71.8 Å². The first-order valence-corrected chi connectivity index (χ1v) is 13.8. The summed E-state index contributed by atoms with van der Waals surface area (Å²) in [7, 11) is 0. The monoisotopic (exact) mass is 526 g/mol. The minimum Gasteiger partial charge on any atom is -0.445 e. The van der Waals surface area contributed by atoms with Gasteiger partial charge in [0.2, 0.25) is 0 Å². The van der Waals surface area contributed by atoms with Crippen LogP contribution in [0.3, 0.4) is 0 Å². The van der Waals surface area contributed by atoms with Gasteiger partial charge in [-0.1, -0.05) is 99.2 Å². The summed E-state index contributed by atoms with van der Waals surface area (Å²) in [6.45, 7) is 0.519. The molecule has 8 nitrogen and oxygen atoms in total. The molecule has 208 valence electrons. The van der Waals surface area contributed by atoms with Crippen LogP contribution >= 0.6 is 0 Å². The number of alkyl carbamates (subject to hydrolysis) is 2. The number of rotatable bonds is 6. The smallest absolute Gasteiger partial charge is 0.407 e. The molecular formula is C30H42N2O6. The summed E-state index contributed by atoms with van der Waals surface area (Å²) in [6.07, 6.45) is 7.72. The lowest BCUT2D eigenvalue weighted by atomic mass is 10.1. The molecule has 0 aromatic heterocycles. The van der Waals surface area contributed by atoms with Gasteiger partial charge in [0, 0.05) is 0 Å². The average molecular weight is 527 g/mol. The Morgan fingerprint density at radius 1 is 0.605 bits per heavy atom. The third-order valence-corrected chi connectivity index (χ3v) is 6.99. The molecule has 2 saturated carbocycles. The molecule has 2 aromatic carbocycles. The van der Waals surface area contributed by atoms with Gasteiger partial charge in [0.15, 0.2) is 0 Å². The number of amides is 2. The molecule has 0 unspecified atom stereocenters. The van der Waals surface area contributed by atoms with E-state index in [1.165, 1.54) is 0 Å². The molecule has 2 aliphatic carbocycles. The minimum atomic E-state index is -0.452. The van der Waals surface area contributed by atoms with Crippen molar-refractivity contribution in [2.24, 2.45) is 0 Å². The van der Waals surface area contributed by atoms with Crippen molar-refractivity contribution < 1.29 is 29.3 Å². The first-order chi connectivity index (χ1) is 18.5. The highest BCUT2D eigenvalue weighted by Crippen LogP contribution is 2.19. The average Bonchev–Trinajstić information content (AvgIpc) is 3.27. The number of hydrogen-bond acceptors (Lipinski definition) is 6. The van der Waals surface area contributed by atoms with Crippen molar-refractivity contribution in [2.75, 3.05) is 0 Å². The third-order valence-electron chi connectivity index (χ3n) is 6.99. The molecule has 0 heterocycles. The van der Waals surface area contributed by atoms with Gasteiger partial charge in [-0.2, -0.15) is 0 Å². The lowest BCUT2D eigenvalue weighted by Gasteiger charge is -2.21. The van der Waals surface area contributed by atoms with Crippen LogP contribution in [-0.2, 0) is 22.7 Å². The molecular weight excluding hydrogens is 484 g/mol. The lowest BCUT2D eigenvalue weighted by molar-refractivity contribution is 0.0976. The van der Waals surface area contributed by atoms with Gasteiger partial charge in [0.25, 0.3) is 0 Å². The highest BCUT2D eigenvalue weighted by atomic mass is 16.6. The summed E-state index contributed by atoms with van der Waals surface area (Å²) < 4.78 is 10.3. The van der Waals surface area contributed by atoms with E-state index in [2.05, 4.69) is 10.6 Å². The summed E-state index contributed by atoms with van der Waals surface area (Å²) in [4.78, 5) is 23.4. The van der Waals surface area contributed by atoms with E-state index in [0.717, 1.165) is 75.3 Å². The molecule has 0 radical (unpaired) electrons. The fourth-order valence-electron chi connectivity index (χ4n) is 4.75. The van der Waals surface area contributed by atoms with E-state index in [0.29, 0.717) is 0 Å². The fraction of sp³-hybridized carbons (Fsp3) is 0.533. The van der Waals surface area contributed by atoms with Crippen LogP contribution in [0.2, 0.25) is 0 Å². The van der Waals surface area contributed by atoms with E-state index >= 15 is 0 Å². The van der Waals surface area contributed by atoms with Crippen LogP contribution in [0.1, 0.15) is 75.3 Å². The molecule has 2 aliphatic rings. The molecule has 38 heavy (non-hydrogen) atoms. The van der Waals surface area contributed by atoms with E-state index in [1.807, 2.05) is 60.7 Å². The van der Waals surface area contributed by atoms with Crippen LogP contribution < -0.4 is 10.6 Å². The maximum absolute atomic E-state index is 11.7. The quantitative estimate of drug-likeness (QED) is 0.384. The molecule has 4 atom stereocenters. The van der Waals surface area contributed by atoms with Gasteiger partial charge in [0.1, 0.15) is 13.2 Å². The Hall–Kier alpha value is -3.10. The molecule has 0 bridgehead atoms. The number of ether oxygens (including phenoxy) is 2. The van der Waals surface area contributed by atoms with Crippen molar-refractivity contribution in [1.82, 2.24) is 10.6 Å². The Labute approximate surface area is 225 Å². The van der Waals surface area contributed by atoms with Gasteiger partial charge in [-0.25, -0.2) is 9.59 Å². The van der Waals surface area contributed by atoms with Gasteiger partial charge in [0.05, 0.1) is 24.3 Å². The zero-order valence-corrected chi connectivity index (χ0v) is 22.1. The maximum Gasteiger partial charge on any atom is 0.407 e. The molecule has 0 saturated heterocycles. The second-order valence-corrected chi connectivity index (χ2v) is 10.0.